The minimum Gasteiger partial charge on any atom is -0.455 e. The number of carbonyl (C=O) groups excluding carboxylic acids is 1. The zero-order valence-electron chi connectivity index (χ0n) is 12.3. The van der Waals surface area contributed by atoms with Gasteiger partial charge in [-0.1, -0.05) is 5.10 Å². The molecule has 0 aliphatic carbocycles. The number of nitrogens with two attached hydrogens (primary N) is 1. The van der Waals surface area contributed by atoms with Crippen molar-refractivity contribution in [2.45, 2.75) is 6.54 Å². The number of hydrazone groups is 1. The third-order valence-electron chi connectivity index (χ3n) is 2.99. The first-order valence-electron chi connectivity index (χ1n) is 6.81. The van der Waals surface area contributed by atoms with Gasteiger partial charge < -0.3 is 10.2 Å². The van der Waals surface area contributed by atoms with Crippen LogP contribution in [0.3, 0.4) is 0 Å². The zero-order chi connectivity index (χ0) is 16.9. The van der Waals surface area contributed by atoms with Crippen molar-refractivity contribution in [1.82, 2.24) is 25.6 Å². The third kappa shape index (κ3) is 3.61. The lowest BCUT2D eigenvalue weighted by Gasteiger charge is -1.99. The van der Waals surface area contributed by atoms with Gasteiger partial charge in [0.25, 0.3) is 5.91 Å². The molecule has 3 aromatic rings. The molecule has 1 amide bonds. The lowest BCUT2D eigenvalue weighted by molar-refractivity contribution is -0.121. The maximum absolute atomic E-state index is 12.9. The van der Waals surface area contributed by atoms with E-state index in [1.807, 2.05) is 0 Å². The maximum atomic E-state index is 12.9. The highest BCUT2D eigenvalue weighted by Gasteiger charge is 2.07. The monoisotopic (exact) mass is 329 g/mol. The first-order valence-corrected chi connectivity index (χ1v) is 6.81. The summed E-state index contributed by atoms with van der Waals surface area (Å²) in [6.45, 7) is -0.158. The molecule has 0 fully saturated rings. The summed E-state index contributed by atoms with van der Waals surface area (Å²) in [5, 5.41) is 14.1. The van der Waals surface area contributed by atoms with Crippen molar-refractivity contribution < 1.29 is 13.6 Å². The predicted octanol–water partition coefficient (Wildman–Crippen LogP) is 0.805. The second-order valence-electron chi connectivity index (χ2n) is 4.70. The van der Waals surface area contributed by atoms with E-state index in [1.165, 1.54) is 18.3 Å². The molecular formula is C14H12FN7O2. The van der Waals surface area contributed by atoms with Crippen molar-refractivity contribution in [1.29, 1.82) is 0 Å². The van der Waals surface area contributed by atoms with Crippen LogP contribution in [0.5, 0.6) is 0 Å². The third-order valence-corrected chi connectivity index (χ3v) is 2.99. The Labute approximate surface area is 135 Å². The maximum Gasteiger partial charge on any atom is 0.261 e. The van der Waals surface area contributed by atoms with E-state index in [1.54, 1.807) is 24.3 Å². The van der Waals surface area contributed by atoms with E-state index >= 15 is 0 Å². The minimum absolute atomic E-state index is 0.0316. The Kier molecular flexibility index (Phi) is 4.27. The number of furan rings is 1. The summed E-state index contributed by atoms with van der Waals surface area (Å²) in [6, 6.07) is 9.29. The van der Waals surface area contributed by atoms with Gasteiger partial charge in [0.1, 0.15) is 23.9 Å². The van der Waals surface area contributed by atoms with E-state index in [9.17, 15) is 9.18 Å². The van der Waals surface area contributed by atoms with Crippen molar-refractivity contribution in [3.8, 4) is 11.3 Å². The van der Waals surface area contributed by atoms with E-state index in [0.717, 1.165) is 10.2 Å². The van der Waals surface area contributed by atoms with Crippen LogP contribution in [0.1, 0.15) is 5.76 Å². The summed E-state index contributed by atoms with van der Waals surface area (Å²) in [5.74, 6) is 0.249. The molecule has 10 heteroatoms. The average Bonchev–Trinajstić information content (AvgIpc) is 3.18. The molecule has 0 saturated carbocycles. The second-order valence-corrected chi connectivity index (χ2v) is 4.70. The number of hydrogen-bond acceptors (Lipinski definition) is 7. The zero-order valence-corrected chi connectivity index (χ0v) is 12.3. The second kappa shape index (κ2) is 6.69. The van der Waals surface area contributed by atoms with Crippen molar-refractivity contribution in [2.24, 2.45) is 5.10 Å². The molecule has 3 N–H and O–H groups in total. The Hall–Kier alpha value is -3.56. The van der Waals surface area contributed by atoms with Crippen LogP contribution in [0.25, 0.3) is 11.3 Å². The molecule has 9 nitrogen and oxygen atoms in total. The van der Waals surface area contributed by atoms with Gasteiger partial charge in [-0.25, -0.2) is 14.5 Å². The fourth-order valence-electron chi connectivity index (χ4n) is 1.85. The largest absolute Gasteiger partial charge is 0.455 e. The normalized spacial score (nSPS) is 11.0. The van der Waals surface area contributed by atoms with Crippen LogP contribution in [-0.2, 0) is 11.3 Å². The number of hydrogen-bond donors (Lipinski definition) is 2. The molecule has 24 heavy (non-hydrogen) atoms. The lowest BCUT2D eigenvalue weighted by atomic mass is 10.2. The van der Waals surface area contributed by atoms with Gasteiger partial charge in [-0.3, -0.25) is 4.79 Å². The summed E-state index contributed by atoms with van der Waals surface area (Å²) in [7, 11) is 0. The number of tetrazole rings is 1. The smallest absolute Gasteiger partial charge is 0.261 e. The minimum atomic E-state index is -0.449. The van der Waals surface area contributed by atoms with Crippen LogP contribution in [-0.4, -0.2) is 32.3 Å². The number of nitrogen functional groups attached to an aromatic ring is 1. The summed E-state index contributed by atoms with van der Waals surface area (Å²) < 4.78 is 19.6. The Morgan fingerprint density at radius 3 is 2.83 bits per heavy atom. The molecule has 0 aliphatic heterocycles. The summed E-state index contributed by atoms with van der Waals surface area (Å²) in [4.78, 5) is 11.6. The van der Waals surface area contributed by atoms with Gasteiger partial charge in [-0.2, -0.15) is 5.10 Å². The van der Waals surface area contributed by atoms with Crippen molar-refractivity contribution >= 4 is 18.1 Å². The molecule has 0 saturated heterocycles. The van der Waals surface area contributed by atoms with E-state index in [-0.39, 0.29) is 18.3 Å². The summed E-state index contributed by atoms with van der Waals surface area (Å²) in [6.07, 6.45) is 1.34. The number of nitrogens with one attached hydrogen (secondary N) is 1. The fraction of sp³-hybridized carbons (Fsp3) is 0.0714. The van der Waals surface area contributed by atoms with E-state index < -0.39 is 5.91 Å². The number of rotatable bonds is 5. The molecule has 0 spiro atoms. The van der Waals surface area contributed by atoms with Crippen molar-refractivity contribution in [3.05, 3.63) is 48.0 Å². The lowest BCUT2D eigenvalue weighted by Crippen LogP contribution is -2.24. The fourth-order valence-corrected chi connectivity index (χ4v) is 1.85. The van der Waals surface area contributed by atoms with Crippen molar-refractivity contribution in [3.63, 3.8) is 0 Å². The first kappa shape index (κ1) is 15.3. The van der Waals surface area contributed by atoms with Crippen LogP contribution >= 0.6 is 0 Å². The van der Waals surface area contributed by atoms with Gasteiger partial charge in [-0.05, 0) is 46.8 Å². The van der Waals surface area contributed by atoms with Crippen LogP contribution in [0, 0.1) is 5.82 Å². The van der Waals surface area contributed by atoms with Crippen molar-refractivity contribution in [2.75, 3.05) is 5.73 Å². The molecule has 2 aromatic heterocycles. The molecule has 0 unspecified atom stereocenters. The Balaban J connectivity index is 1.58. The Morgan fingerprint density at radius 2 is 2.12 bits per heavy atom. The van der Waals surface area contributed by atoms with Crippen LogP contribution < -0.4 is 11.2 Å². The number of halogens is 1. The standard InChI is InChI=1S/C14H12FN7O2/c15-10-3-1-9(2-4-10)12-6-5-11(24-12)7-17-18-13(23)8-22-14(16)19-20-21-22/h1-7H,8H2,(H,18,23)(H2,16,19,21)/b17-7+. The number of anilines is 1. The average molecular weight is 329 g/mol. The molecular weight excluding hydrogens is 317 g/mol. The summed E-state index contributed by atoms with van der Waals surface area (Å²) in [5.41, 5.74) is 8.48. The number of carbonyl (C=O) groups is 1. The SMILES string of the molecule is Nc1nnnn1CC(=O)N/N=C/c1ccc(-c2ccc(F)cc2)o1. The van der Waals surface area contributed by atoms with E-state index in [4.69, 9.17) is 10.2 Å². The van der Waals surface area contributed by atoms with Gasteiger partial charge >= 0.3 is 0 Å². The molecule has 0 bridgehead atoms. The number of aromatic nitrogens is 4. The number of benzene rings is 1. The van der Waals surface area contributed by atoms with Crippen LogP contribution in [0.15, 0.2) is 45.9 Å². The number of amides is 1. The molecule has 1 aromatic carbocycles. The summed E-state index contributed by atoms with van der Waals surface area (Å²) >= 11 is 0. The number of nitrogens with zero attached hydrogens (tertiary/aromatic N) is 5. The van der Waals surface area contributed by atoms with Gasteiger partial charge in [-0.15, -0.1) is 0 Å². The first-order chi connectivity index (χ1) is 11.6. The Morgan fingerprint density at radius 1 is 1.33 bits per heavy atom. The molecule has 0 radical (unpaired) electrons. The highest BCUT2D eigenvalue weighted by Crippen LogP contribution is 2.21. The molecule has 122 valence electrons. The van der Waals surface area contributed by atoms with Crippen LogP contribution in [0.2, 0.25) is 0 Å². The van der Waals surface area contributed by atoms with Gasteiger partial charge in [0, 0.05) is 5.56 Å². The molecule has 0 aliphatic rings. The van der Waals surface area contributed by atoms with E-state index in [0.29, 0.717) is 11.5 Å². The molecule has 3 rings (SSSR count). The highest BCUT2D eigenvalue weighted by atomic mass is 19.1. The molecule has 0 atom stereocenters. The Bertz CT molecular complexity index is 869. The van der Waals surface area contributed by atoms with Crippen LogP contribution in [0.4, 0.5) is 10.3 Å². The van der Waals surface area contributed by atoms with Gasteiger partial charge in [0.15, 0.2) is 0 Å². The molecule has 2 heterocycles. The topological polar surface area (TPSA) is 124 Å². The quantitative estimate of drug-likeness (QED) is 0.527. The predicted molar refractivity (Wildman–Crippen MR) is 82.1 cm³/mol. The van der Waals surface area contributed by atoms with Gasteiger partial charge in [0.2, 0.25) is 5.95 Å². The van der Waals surface area contributed by atoms with Gasteiger partial charge in [0.05, 0.1) is 6.21 Å². The van der Waals surface area contributed by atoms with E-state index in [2.05, 4.69) is 26.1 Å². The highest BCUT2D eigenvalue weighted by molar-refractivity contribution is 5.81.